The maximum Gasteiger partial charge on any atom is 0.268 e. The summed E-state index contributed by atoms with van der Waals surface area (Å²) < 4.78 is 5.73. The van der Waals surface area contributed by atoms with Crippen LogP contribution in [0.1, 0.15) is 46.6 Å². The molecular formula is C15H25ClN2O3. The Morgan fingerprint density at radius 2 is 1.86 bits per heavy atom. The third-order valence-corrected chi connectivity index (χ3v) is 2.76. The molecule has 1 atom stereocenters. The maximum atomic E-state index is 10.6. The fourth-order valence-corrected chi connectivity index (χ4v) is 1.86. The summed E-state index contributed by atoms with van der Waals surface area (Å²) in [5.74, 6) is -1.02. The number of nitrogens with one attached hydrogen (secondary N) is 1. The fourth-order valence-electron chi connectivity index (χ4n) is 1.86. The van der Waals surface area contributed by atoms with Crippen LogP contribution >= 0.6 is 12.4 Å². The van der Waals surface area contributed by atoms with E-state index in [-0.39, 0.29) is 17.9 Å². The molecular weight excluding hydrogens is 292 g/mol. The van der Waals surface area contributed by atoms with E-state index in [0.29, 0.717) is 23.4 Å². The molecule has 0 aliphatic heterocycles. The number of aliphatic hydroxyl groups is 1. The molecule has 0 amide bonds. The van der Waals surface area contributed by atoms with Gasteiger partial charge in [-0.25, -0.2) is 0 Å². The van der Waals surface area contributed by atoms with Crippen LogP contribution in [0.4, 0.5) is 0 Å². The fraction of sp³-hybridized carbons (Fsp3) is 0.533. The number of para-hydroxylation sites is 1. The van der Waals surface area contributed by atoms with Crippen LogP contribution in [-0.4, -0.2) is 27.5 Å². The van der Waals surface area contributed by atoms with Crippen LogP contribution in [0, 0.1) is 0 Å². The number of ether oxygens (including phenoxy) is 1. The van der Waals surface area contributed by atoms with E-state index in [4.69, 9.17) is 9.94 Å². The lowest BCUT2D eigenvalue weighted by molar-refractivity contribution is -0.177. The van der Waals surface area contributed by atoms with E-state index in [0.717, 1.165) is 0 Å². The van der Waals surface area contributed by atoms with Crippen LogP contribution in [0.3, 0.4) is 0 Å². The van der Waals surface area contributed by atoms with Gasteiger partial charge in [0.15, 0.2) is 0 Å². The highest BCUT2D eigenvalue weighted by Crippen LogP contribution is 2.24. The second-order valence-corrected chi connectivity index (χ2v) is 5.80. The predicted octanol–water partition coefficient (Wildman–Crippen LogP) is 3.13. The number of nitrogens with zero attached hydrogens (tertiary/aromatic N) is 1. The minimum atomic E-state index is -1.48. The normalized spacial score (nSPS) is 15.0. The van der Waals surface area contributed by atoms with E-state index in [1.807, 2.05) is 33.8 Å². The summed E-state index contributed by atoms with van der Waals surface area (Å²) in [7, 11) is 0. The van der Waals surface area contributed by atoms with E-state index < -0.39 is 5.91 Å². The van der Waals surface area contributed by atoms with Crippen molar-refractivity contribution in [3.8, 4) is 5.75 Å². The highest BCUT2D eigenvalue weighted by Gasteiger charge is 2.32. The Kier molecular flexibility index (Phi) is 7.16. The molecule has 3 N–H and O–H groups in total. The Bertz CT molecular complexity index is 486. The van der Waals surface area contributed by atoms with Gasteiger partial charge in [-0.15, -0.1) is 12.4 Å². The number of hydrogen-bond donors (Lipinski definition) is 3. The molecule has 1 unspecified atom stereocenters. The van der Waals surface area contributed by atoms with Crippen LogP contribution in [0.5, 0.6) is 5.75 Å². The average molecular weight is 317 g/mol. The van der Waals surface area contributed by atoms with Crippen molar-refractivity contribution in [2.24, 2.45) is 5.16 Å². The van der Waals surface area contributed by atoms with Gasteiger partial charge >= 0.3 is 0 Å². The van der Waals surface area contributed by atoms with Gasteiger partial charge in [0.25, 0.3) is 5.91 Å². The van der Waals surface area contributed by atoms with E-state index >= 15 is 0 Å². The first-order valence-corrected chi connectivity index (χ1v) is 6.69. The molecule has 6 heteroatoms. The van der Waals surface area contributed by atoms with Crippen LogP contribution in [0.15, 0.2) is 29.4 Å². The summed E-state index contributed by atoms with van der Waals surface area (Å²) >= 11 is 0. The lowest BCUT2D eigenvalue weighted by Crippen LogP contribution is -2.57. The lowest BCUT2D eigenvalue weighted by Gasteiger charge is -2.35. The molecule has 0 fully saturated rings. The van der Waals surface area contributed by atoms with Crippen LogP contribution in [0.25, 0.3) is 0 Å². The Morgan fingerprint density at radius 1 is 1.29 bits per heavy atom. The van der Waals surface area contributed by atoms with Gasteiger partial charge in [-0.3, -0.25) is 5.32 Å². The Morgan fingerprint density at radius 3 is 2.33 bits per heavy atom. The first-order chi connectivity index (χ1) is 9.21. The maximum absolute atomic E-state index is 10.6. The van der Waals surface area contributed by atoms with Crippen LogP contribution in [0.2, 0.25) is 0 Å². The molecule has 21 heavy (non-hydrogen) atoms. The molecule has 0 aliphatic carbocycles. The second kappa shape index (κ2) is 7.64. The molecule has 0 heterocycles. The summed E-state index contributed by atoms with van der Waals surface area (Å²) in [6.07, 6.45) is 0.369. The zero-order chi connectivity index (χ0) is 15.4. The van der Waals surface area contributed by atoms with Crippen molar-refractivity contribution in [1.82, 2.24) is 5.32 Å². The lowest BCUT2D eigenvalue weighted by atomic mass is 10.1. The zero-order valence-corrected chi connectivity index (χ0v) is 14.0. The number of oxime groups is 1. The van der Waals surface area contributed by atoms with Crippen molar-refractivity contribution in [3.63, 3.8) is 0 Å². The molecule has 120 valence electrons. The van der Waals surface area contributed by atoms with Crippen LogP contribution < -0.4 is 10.1 Å². The van der Waals surface area contributed by atoms with Crippen molar-refractivity contribution in [1.29, 1.82) is 0 Å². The van der Waals surface area contributed by atoms with Gasteiger partial charge in [0.2, 0.25) is 0 Å². The SMILES string of the molecule is CCC(O)(NC(C)(C)C)Oc1ccccc1/C(C)=N/O.Cl. The highest BCUT2D eigenvalue weighted by molar-refractivity contribution is 6.00. The Balaban J connectivity index is 0.00000400. The first-order valence-electron chi connectivity index (χ1n) is 6.69. The molecule has 0 bridgehead atoms. The van der Waals surface area contributed by atoms with E-state index in [2.05, 4.69) is 10.5 Å². The molecule has 0 aliphatic rings. The number of benzene rings is 1. The molecule has 1 aromatic rings. The summed E-state index contributed by atoms with van der Waals surface area (Å²) in [6.45, 7) is 9.34. The van der Waals surface area contributed by atoms with Gasteiger partial charge < -0.3 is 15.1 Å². The molecule has 0 aromatic heterocycles. The summed E-state index contributed by atoms with van der Waals surface area (Å²) in [4.78, 5) is 0. The number of halogens is 1. The molecule has 0 radical (unpaired) electrons. The first kappa shape index (κ1) is 19.7. The minimum absolute atomic E-state index is 0. The third-order valence-electron chi connectivity index (χ3n) is 2.76. The van der Waals surface area contributed by atoms with Crippen molar-refractivity contribution in [2.45, 2.75) is 52.5 Å². The summed E-state index contributed by atoms with van der Waals surface area (Å²) in [5.41, 5.74) is 0.757. The molecule has 0 saturated carbocycles. The molecule has 1 rings (SSSR count). The van der Waals surface area contributed by atoms with Crippen molar-refractivity contribution in [3.05, 3.63) is 29.8 Å². The average Bonchev–Trinajstić information content (AvgIpc) is 2.36. The quantitative estimate of drug-likeness (QED) is 0.338. The van der Waals surface area contributed by atoms with Gasteiger partial charge in [0, 0.05) is 17.5 Å². The Labute approximate surface area is 132 Å². The van der Waals surface area contributed by atoms with Gasteiger partial charge in [-0.1, -0.05) is 24.2 Å². The Hall–Kier alpha value is -1.30. The topological polar surface area (TPSA) is 74.1 Å². The summed E-state index contributed by atoms with van der Waals surface area (Å²) in [6, 6.07) is 7.13. The molecule has 0 saturated heterocycles. The number of rotatable bonds is 5. The van der Waals surface area contributed by atoms with Crippen molar-refractivity contribution >= 4 is 18.1 Å². The van der Waals surface area contributed by atoms with Crippen LogP contribution in [-0.2, 0) is 0 Å². The van der Waals surface area contributed by atoms with Gasteiger partial charge in [-0.05, 0) is 39.8 Å². The molecule has 0 spiro atoms. The second-order valence-electron chi connectivity index (χ2n) is 5.80. The van der Waals surface area contributed by atoms with Crippen molar-refractivity contribution < 1.29 is 15.1 Å². The van der Waals surface area contributed by atoms with E-state index in [1.165, 1.54) is 0 Å². The minimum Gasteiger partial charge on any atom is -0.448 e. The van der Waals surface area contributed by atoms with Gasteiger partial charge in [-0.2, -0.15) is 0 Å². The standard InChI is InChI=1S/C15H24N2O3.ClH/c1-6-15(18,17-14(3,4)5)20-13-10-8-7-9-12(13)11(2)16-19;/h7-10,17-19H,6H2,1-5H3;1H/b16-11+;. The van der Waals surface area contributed by atoms with Gasteiger partial charge in [0.05, 0.1) is 5.71 Å². The highest BCUT2D eigenvalue weighted by atomic mass is 35.5. The third kappa shape index (κ3) is 5.91. The smallest absolute Gasteiger partial charge is 0.268 e. The van der Waals surface area contributed by atoms with Gasteiger partial charge in [0.1, 0.15) is 5.75 Å². The monoisotopic (exact) mass is 316 g/mol. The zero-order valence-electron chi connectivity index (χ0n) is 13.2. The summed E-state index contributed by atoms with van der Waals surface area (Å²) in [5, 5.41) is 25.7. The number of hydrogen-bond acceptors (Lipinski definition) is 5. The molecule has 5 nitrogen and oxygen atoms in total. The van der Waals surface area contributed by atoms with Crippen molar-refractivity contribution in [2.75, 3.05) is 0 Å². The van der Waals surface area contributed by atoms with E-state index in [1.54, 1.807) is 25.1 Å². The predicted molar refractivity (Wildman–Crippen MR) is 86.4 cm³/mol. The molecule has 1 aromatic carbocycles. The largest absolute Gasteiger partial charge is 0.448 e. The van der Waals surface area contributed by atoms with E-state index in [9.17, 15) is 5.11 Å².